The number of benzene rings is 2. The Morgan fingerprint density at radius 1 is 1.21 bits per heavy atom. The summed E-state index contributed by atoms with van der Waals surface area (Å²) in [5.41, 5.74) is 0.627. The van der Waals surface area contributed by atoms with Gasteiger partial charge in [-0.1, -0.05) is 11.6 Å². The van der Waals surface area contributed by atoms with E-state index in [4.69, 9.17) is 26.2 Å². The van der Waals surface area contributed by atoms with Crippen molar-refractivity contribution < 1.29 is 22.7 Å². The minimum absolute atomic E-state index is 0.0895. The van der Waals surface area contributed by atoms with E-state index in [0.717, 1.165) is 0 Å². The quantitative estimate of drug-likeness (QED) is 0.562. The van der Waals surface area contributed by atoms with Gasteiger partial charge in [0, 0.05) is 12.1 Å². The van der Waals surface area contributed by atoms with Crippen LogP contribution in [-0.4, -0.2) is 27.5 Å². The molecule has 0 aliphatic carbocycles. The van der Waals surface area contributed by atoms with Gasteiger partial charge in [0.1, 0.15) is 11.6 Å². The summed E-state index contributed by atoms with van der Waals surface area (Å²) >= 11 is 6.23. The summed E-state index contributed by atoms with van der Waals surface area (Å²) in [6.07, 6.45) is 2.08. The summed E-state index contributed by atoms with van der Waals surface area (Å²) in [6.45, 7) is 0.953. The largest absolute Gasteiger partial charge is 0.489 e. The molecule has 1 heterocycles. The van der Waals surface area contributed by atoms with Crippen LogP contribution >= 0.6 is 11.6 Å². The van der Waals surface area contributed by atoms with E-state index in [1.807, 2.05) is 6.07 Å². The number of ether oxygens (including phenoxy) is 2. The van der Waals surface area contributed by atoms with Gasteiger partial charge in [0.25, 0.3) is 5.91 Å². The topological polar surface area (TPSA) is 132 Å². The van der Waals surface area contributed by atoms with Crippen molar-refractivity contribution >= 4 is 39.3 Å². The molecule has 0 fully saturated rings. The highest BCUT2D eigenvalue weighted by atomic mass is 35.5. The van der Waals surface area contributed by atoms with Gasteiger partial charge >= 0.3 is 0 Å². The summed E-state index contributed by atoms with van der Waals surface area (Å²) in [4.78, 5) is 12.3. The summed E-state index contributed by atoms with van der Waals surface area (Å²) in [5.74, 6) is 0.204. The highest BCUT2D eigenvalue weighted by Crippen LogP contribution is 2.38. The van der Waals surface area contributed by atoms with E-state index in [1.54, 1.807) is 12.1 Å². The van der Waals surface area contributed by atoms with E-state index >= 15 is 0 Å². The van der Waals surface area contributed by atoms with Gasteiger partial charge in [-0.05, 0) is 48.0 Å². The number of amides is 1. The van der Waals surface area contributed by atoms with Crippen molar-refractivity contribution in [3.63, 3.8) is 0 Å². The fourth-order valence-electron chi connectivity index (χ4n) is 2.58. The predicted octanol–water partition coefficient (Wildman–Crippen LogP) is 2.69. The summed E-state index contributed by atoms with van der Waals surface area (Å²) < 4.78 is 33.7. The Morgan fingerprint density at radius 2 is 1.90 bits per heavy atom. The lowest BCUT2D eigenvalue weighted by molar-refractivity contribution is -0.112. The number of nitriles is 1. The Balaban J connectivity index is 1.83. The van der Waals surface area contributed by atoms with Gasteiger partial charge < -0.3 is 14.8 Å². The highest BCUT2D eigenvalue weighted by Gasteiger charge is 2.17. The Hall–Kier alpha value is -3.06. The predicted molar refractivity (Wildman–Crippen MR) is 107 cm³/mol. The molecule has 1 amide bonds. The van der Waals surface area contributed by atoms with Crippen LogP contribution < -0.4 is 19.9 Å². The molecule has 2 aromatic carbocycles. The molecule has 2 aromatic rings. The first-order valence-corrected chi connectivity index (χ1v) is 10.4. The van der Waals surface area contributed by atoms with Gasteiger partial charge in [0.05, 0.1) is 23.1 Å². The van der Waals surface area contributed by atoms with Crippen molar-refractivity contribution in [2.24, 2.45) is 5.14 Å². The van der Waals surface area contributed by atoms with E-state index in [2.05, 4.69) is 5.32 Å². The fraction of sp³-hybridized carbons (Fsp3) is 0.158. The van der Waals surface area contributed by atoms with Crippen LogP contribution in [0.3, 0.4) is 0 Å². The van der Waals surface area contributed by atoms with E-state index in [-0.39, 0.29) is 10.5 Å². The van der Waals surface area contributed by atoms with Crippen molar-refractivity contribution in [3.05, 3.63) is 52.6 Å². The van der Waals surface area contributed by atoms with Crippen molar-refractivity contribution in [2.75, 3.05) is 18.5 Å². The van der Waals surface area contributed by atoms with Gasteiger partial charge in [-0.2, -0.15) is 5.26 Å². The third kappa shape index (κ3) is 5.06. The van der Waals surface area contributed by atoms with Gasteiger partial charge in [-0.25, -0.2) is 13.6 Å². The normalized spacial score (nSPS) is 13.9. The molecule has 0 saturated carbocycles. The molecule has 0 spiro atoms. The number of carbonyl (C=O) groups excluding carboxylic acids is 1. The number of primary sulfonamides is 1. The van der Waals surface area contributed by atoms with E-state index in [0.29, 0.717) is 47.4 Å². The third-order valence-electron chi connectivity index (χ3n) is 3.94. The van der Waals surface area contributed by atoms with Crippen LogP contribution in [0.25, 0.3) is 6.08 Å². The molecule has 3 rings (SSSR count). The zero-order chi connectivity index (χ0) is 21.0. The number of sulfonamides is 1. The maximum atomic E-state index is 12.4. The number of nitrogens with one attached hydrogen (secondary N) is 1. The number of hydrogen-bond donors (Lipinski definition) is 2. The molecule has 29 heavy (non-hydrogen) atoms. The Kier molecular flexibility index (Phi) is 6.08. The zero-order valence-electron chi connectivity index (χ0n) is 15.0. The number of rotatable bonds is 4. The Bertz CT molecular complexity index is 1120. The second-order valence-electron chi connectivity index (χ2n) is 6.07. The maximum Gasteiger partial charge on any atom is 0.266 e. The Labute approximate surface area is 172 Å². The van der Waals surface area contributed by atoms with Gasteiger partial charge in [0.15, 0.2) is 11.5 Å². The Morgan fingerprint density at radius 3 is 2.55 bits per heavy atom. The summed E-state index contributed by atoms with van der Waals surface area (Å²) in [5, 5.41) is 17.2. The van der Waals surface area contributed by atoms with Crippen molar-refractivity contribution in [3.8, 4) is 17.6 Å². The highest BCUT2D eigenvalue weighted by molar-refractivity contribution is 7.89. The number of halogens is 1. The zero-order valence-corrected chi connectivity index (χ0v) is 16.6. The molecule has 0 atom stereocenters. The first-order chi connectivity index (χ1) is 13.8. The fourth-order valence-corrected chi connectivity index (χ4v) is 3.36. The lowest BCUT2D eigenvalue weighted by atomic mass is 10.1. The number of hydrogen-bond acceptors (Lipinski definition) is 6. The first-order valence-electron chi connectivity index (χ1n) is 8.43. The smallest absolute Gasteiger partial charge is 0.266 e. The third-order valence-corrected chi connectivity index (χ3v) is 5.15. The van der Waals surface area contributed by atoms with Crippen LogP contribution in [0.2, 0.25) is 5.02 Å². The van der Waals surface area contributed by atoms with Gasteiger partial charge in [0.2, 0.25) is 10.0 Å². The second-order valence-corrected chi connectivity index (χ2v) is 8.04. The molecule has 3 N–H and O–H groups in total. The van der Waals surface area contributed by atoms with Crippen LogP contribution in [0.4, 0.5) is 5.69 Å². The number of carbonyl (C=O) groups is 1. The number of nitrogens with zero attached hydrogens (tertiary/aromatic N) is 1. The SMILES string of the molecule is N#C/C(=C\c1cc(Cl)c2c(c1)OCCCO2)C(=O)Nc1ccc(S(N)(=O)=O)cc1. The molecule has 8 nitrogen and oxygen atoms in total. The molecule has 0 unspecified atom stereocenters. The van der Waals surface area contributed by atoms with Crippen molar-refractivity contribution in [1.82, 2.24) is 0 Å². The van der Waals surface area contributed by atoms with E-state index in [1.165, 1.54) is 30.3 Å². The molecule has 150 valence electrons. The van der Waals surface area contributed by atoms with E-state index < -0.39 is 15.9 Å². The van der Waals surface area contributed by atoms with Crippen molar-refractivity contribution in [1.29, 1.82) is 5.26 Å². The molecule has 0 saturated heterocycles. The maximum absolute atomic E-state index is 12.4. The minimum Gasteiger partial charge on any atom is -0.489 e. The average Bonchev–Trinajstić information content (AvgIpc) is 2.91. The first kappa shape index (κ1) is 20.7. The van der Waals surface area contributed by atoms with Crippen molar-refractivity contribution in [2.45, 2.75) is 11.3 Å². The second kappa shape index (κ2) is 8.53. The lowest BCUT2D eigenvalue weighted by Gasteiger charge is -2.10. The van der Waals surface area contributed by atoms with Crippen LogP contribution in [0, 0.1) is 11.3 Å². The van der Waals surface area contributed by atoms with Gasteiger partial charge in [-0.15, -0.1) is 0 Å². The molecule has 0 bridgehead atoms. The summed E-state index contributed by atoms with van der Waals surface area (Å²) in [6, 6.07) is 10.3. The molecule has 10 heteroatoms. The number of nitrogens with two attached hydrogens (primary N) is 1. The van der Waals surface area contributed by atoms with Gasteiger partial charge in [-0.3, -0.25) is 4.79 Å². The number of anilines is 1. The number of fused-ring (bicyclic) bond motifs is 1. The van der Waals surface area contributed by atoms with Crippen LogP contribution in [0.15, 0.2) is 46.9 Å². The van der Waals surface area contributed by atoms with E-state index in [9.17, 15) is 18.5 Å². The van der Waals surface area contributed by atoms with Crippen LogP contribution in [-0.2, 0) is 14.8 Å². The molecular weight excluding hydrogens is 418 g/mol. The van der Waals surface area contributed by atoms with Crippen LogP contribution in [0.1, 0.15) is 12.0 Å². The standard InChI is InChI=1S/C19H16ClN3O5S/c20-16-9-12(10-17-18(16)28-7-1-6-27-17)8-13(11-21)19(24)23-14-2-4-15(5-3-14)29(22,25)26/h2-5,8-10H,1,6-7H2,(H,23,24)(H2,22,25,26)/b13-8+. The minimum atomic E-state index is -3.84. The van der Waals surface area contributed by atoms with Crippen LogP contribution in [0.5, 0.6) is 11.5 Å². The monoisotopic (exact) mass is 433 g/mol. The molecule has 0 aromatic heterocycles. The average molecular weight is 434 g/mol. The lowest BCUT2D eigenvalue weighted by Crippen LogP contribution is -2.14. The molecule has 1 aliphatic rings. The molecular formula is C19H16ClN3O5S. The summed E-state index contributed by atoms with van der Waals surface area (Å²) in [7, 11) is -3.84. The molecule has 0 radical (unpaired) electrons. The molecule has 1 aliphatic heterocycles.